The Morgan fingerprint density at radius 2 is 2.30 bits per heavy atom. The van der Waals surface area contributed by atoms with E-state index in [-0.39, 0.29) is 0 Å². The first-order chi connectivity index (χ1) is 9.79. The minimum Gasteiger partial charge on any atom is -0.360 e. The van der Waals surface area contributed by atoms with E-state index in [1.165, 1.54) is 18.4 Å². The highest BCUT2D eigenvalue weighted by Gasteiger charge is 2.20. The minimum atomic E-state index is 0.698. The fourth-order valence-corrected chi connectivity index (χ4v) is 2.18. The van der Waals surface area contributed by atoms with Gasteiger partial charge in [-0.15, -0.1) is 0 Å². The van der Waals surface area contributed by atoms with Gasteiger partial charge in [0, 0.05) is 37.6 Å². The molecule has 0 unspecified atom stereocenters. The number of nitrogens with zero attached hydrogens (tertiary/aromatic N) is 3. The Labute approximate surface area is 119 Å². The van der Waals surface area contributed by atoms with Gasteiger partial charge in [-0.05, 0) is 31.5 Å². The fraction of sp³-hybridized carbons (Fsp3) is 0.467. The summed E-state index contributed by atoms with van der Waals surface area (Å²) in [5, 5.41) is 7.53. The fourth-order valence-electron chi connectivity index (χ4n) is 2.18. The van der Waals surface area contributed by atoms with E-state index in [2.05, 4.69) is 33.5 Å². The minimum absolute atomic E-state index is 0.698. The molecule has 2 aromatic heterocycles. The van der Waals surface area contributed by atoms with Crippen LogP contribution in [0.3, 0.4) is 0 Å². The van der Waals surface area contributed by atoms with Gasteiger partial charge in [-0.2, -0.15) is 0 Å². The summed E-state index contributed by atoms with van der Waals surface area (Å²) in [6, 6.07) is 6.77. The highest BCUT2D eigenvalue weighted by atomic mass is 16.5. The zero-order chi connectivity index (χ0) is 13.8. The van der Waals surface area contributed by atoms with Crippen molar-refractivity contribution in [1.82, 2.24) is 20.4 Å². The van der Waals surface area contributed by atoms with Crippen LogP contribution in [0.25, 0.3) is 0 Å². The molecule has 2 heterocycles. The lowest BCUT2D eigenvalue weighted by Crippen LogP contribution is -2.17. The van der Waals surface area contributed by atoms with Crippen LogP contribution in [0, 0.1) is 0 Å². The number of hydrogen-bond donors (Lipinski definition) is 1. The Kier molecular flexibility index (Phi) is 4.08. The number of pyridine rings is 1. The van der Waals surface area contributed by atoms with Gasteiger partial charge in [-0.3, -0.25) is 9.88 Å². The Morgan fingerprint density at radius 1 is 1.40 bits per heavy atom. The van der Waals surface area contributed by atoms with Crippen molar-refractivity contribution in [3.8, 4) is 0 Å². The van der Waals surface area contributed by atoms with Crippen molar-refractivity contribution in [2.75, 3.05) is 7.05 Å². The second kappa shape index (κ2) is 6.15. The monoisotopic (exact) mass is 272 g/mol. The molecule has 0 aliphatic heterocycles. The van der Waals surface area contributed by atoms with Crippen LogP contribution < -0.4 is 5.32 Å². The molecule has 20 heavy (non-hydrogen) atoms. The van der Waals surface area contributed by atoms with Gasteiger partial charge in [0.25, 0.3) is 0 Å². The molecule has 0 aromatic carbocycles. The molecule has 1 N–H and O–H groups in total. The first kappa shape index (κ1) is 13.3. The molecule has 5 nitrogen and oxygen atoms in total. The summed E-state index contributed by atoms with van der Waals surface area (Å²) >= 11 is 0. The Morgan fingerprint density at radius 3 is 3.05 bits per heavy atom. The van der Waals surface area contributed by atoms with Gasteiger partial charge in [-0.25, -0.2) is 0 Å². The van der Waals surface area contributed by atoms with E-state index in [1.54, 1.807) is 6.20 Å². The molecule has 3 rings (SSSR count). The Balaban J connectivity index is 1.49. The second-order valence-corrected chi connectivity index (χ2v) is 5.47. The largest absolute Gasteiger partial charge is 0.360 e. The Bertz CT molecular complexity index is 536. The normalized spacial score (nSPS) is 14.9. The molecule has 0 atom stereocenters. The van der Waals surface area contributed by atoms with Gasteiger partial charge in [0.15, 0.2) is 5.76 Å². The van der Waals surface area contributed by atoms with E-state index < -0.39 is 0 Å². The topological polar surface area (TPSA) is 54.2 Å². The lowest BCUT2D eigenvalue weighted by atomic mass is 10.2. The summed E-state index contributed by atoms with van der Waals surface area (Å²) in [7, 11) is 2.07. The van der Waals surface area contributed by atoms with E-state index >= 15 is 0 Å². The average molecular weight is 272 g/mol. The zero-order valence-electron chi connectivity index (χ0n) is 11.7. The molecule has 0 spiro atoms. The smallest absolute Gasteiger partial charge is 0.151 e. The number of rotatable bonds is 7. The number of nitrogens with one attached hydrogen (secondary N) is 1. The molecule has 1 fully saturated rings. The van der Waals surface area contributed by atoms with Crippen LogP contribution in [0.2, 0.25) is 0 Å². The molecule has 1 saturated carbocycles. The summed E-state index contributed by atoms with van der Waals surface area (Å²) in [6.07, 6.45) is 6.26. The van der Waals surface area contributed by atoms with Crippen LogP contribution in [0.5, 0.6) is 0 Å². The summed E-state index contributed by atoms with van der Waals surface area (Å²) in [5.41, 5.74) is 2.19. The molecule has 106 valence electrons. The quantitative estimate of drug-likeness (QED) is 0.835. The van der Waals surface area contributed by atoms with E-state index in [4.69, 9.17) is 4.52 Å². The maximum atomic E-state index is 5.38. The van der Waals surface area contributed by atoms with Crippen molar-refractivity contribution in [3.05, 3.63) is 47.6 Å². The third kappa shape index (κ3) is 3.88. The molecule has 0 amide bonds. The van der Waals surface area contributed by atoms with Crippen molar-refractivity contribution in [2.45, 2.75) is 38.5 Å². The van der Waals surface area contributed by atoms with E-state index in [9.17, 15) is 0 Å². The van der Waals surface area contributed by atoms with Crippen LogP contribution in [0.1, 0.15) is 29.9 Å². The van der Waals surface area contributed by atoms with Gasteiger partial charge in [0.1, 0.15) is 0 Å². The van der Waals surface area contributed by atoms with Gasteiger partial charge in [0.05, 0.1) is 12.2 Å². The molecule has 0 bridgehead atoms. The van der Waals surface area contributed by atoms with E-state index in [0.29, 0.717) is 6.04 Å². The highest BCUT2D eigenvalue weighted by Crippen LogP contribution is 2.19. The van der Waals surface area contributed by atoms with Crippen molar-refractivity contribution >= 4 is 0 Å². The van der Waals surface area contributed by atoms with Crippen LogP contribution in [0.4, 0.5) is 0 Å². The summed E-state index contributed by atoms with van der Waals surface area (Å²) in [5.74, 6) is 0.906. The third-order valence-electron chi connectivity index (χ3n) is 3.36. The van der Waals surface area contributed by atoms with Crippen molar-refractivity contribution in [3.63, 3.8) is 0 Å². The Hall–Kier alpha value is -1.72. The van der Waals surface area contributed by atoms with Gasteiger partial charge in [0.2, 0.25) is 0 Å². The van der Waals surface area contributed by atoms with Crippen molar-refractivity contribution < 1.29 is 4.52 Å². The molecule has 0 saturated heterocycles. The van der Waals surface area contributed by atoms with Crippen molar-refractivity contribution in [2.24, 2.45) is 0 Å². The predicted molar refractivity (Wildman–Crippen MR) is 75.8 cm³/mol. The second-order valence-electron chi connectivity index (χ2n) is 5.47. The first-order valence-electron chi connectivity index (χ1n) is 7.05. The average Bonchev–Trinajstić information content (AvgIpc) is 3.18. The molecule has 0 radical (unpaired) electrons. The van der Waals surface area contributed by atoms with Gasteiger partial charge >= 0.3 is 0 Å². The van der Waals surface area contributed by atoms with Crippen LogP contribution in [0.15, 0.2) is 35.1 Å². The molecule has 1 aliphatic rings. The SMILES string of the molecule is CN(Cc1cccnc1)Cc1cc(CNC2CC2)no1. The zero-order valence-corrected chi connectivity index (χ0v) is 11.7. The standard InChI is InChI=1S/C15H20N4O/c1-19(10-12-3-2-6-16-8-12)11-15-7-14(18-20-15)9-17-13-4-5-13/h2-3,6-8,13,17H,4-5,9-11H2,1H3. The lowest BCUT2D eigenvalue weighted by Gasteiger charge is -2.14. The van der Waals surface area contributed by atoms with E-state index in [0.717, 1.165) is 31.1 Å². The first-order valence-corrected chi connectivity index (χ1v) is 7.05. The van der Waals surface area contributed by atoms with Crippen LogP contribution in [-0.2, 0) is 19.6 Å². The van der Waals surface area contributed by atoms with Gasteiger partial charge in [-0.1, -0.05) is 11.2 Å². The summed E-state index contributed by atoms with van der Waals surface area (Å²) in [4.78, 5) is 6.32. The van der Waals surface area contributed by atoms with Crippen LogP contribution >= 0.6 is 0 Å². The van der Waals surface area contributed by atoms with Gasteiger partial charge < -0.3 is 9.84 Å². The van der Waals surface area contributed by atoms with E-state index in [1.807, 2.05) is 18.3 Å². The molecule has 5 heteroatoms. The lowest BCUT2D eigenvalue weighted by molar-refractivity contribution is 0.265. The molecular weight excluding hydrogens is 252 g/mol. The number of aromatic nitrogens is 2. The molecular formula is C15H20N4O. The summed E-state index contributed by atoms with van der Waals surface area (Å²) < 4.78 is 5.38. The maximum Gasteiger partial charge on any atom is 0.151 e. The summed E-state index contributed by atoms with van der Waals surface area (Å²) in [6.45, 7) is 2.41. The maximum absolute atomic E-state index is 5.38. The molecule has 2 aromatic rings. The van der Waals surface area contributed by atoms with Crippen molar-refractivity contribution in [1.29, 1.82) is 0 Å². The van der Waals surface area contributed by atoms with Crippen LogP contribution in [-0.4, -0.2) is 28.1 Å². The molecule has 1 aliphatic carbocycles. The number of hydrogen-bond acceptors (Lipinski definition) is 5. The predicted octanol–water partition coefficient (Wildman–Crippen LogP) is 1.95. The highest BCUT2D eigenvalue weighted by molar-refractivity contribution is 5.09. The third-order valence-corrected chi connectivity index (χ3v) is 3.36.